The average molecular weight is 258 g/mol. The molecule has 0 unspecified atom stereocenters. The van der Waals surface area contributed by atoms with E-state index in [1.807, 2.05) is 33.8 Å². The zero-order chi connectivity index (χ0) is 13.2. The van der Waals surface area contributed by atoms with E-state index in [0.717, 1.165) is 31.5 Å². The minimum atomic E-state index is 0.0748. The molecule has 0 saturated carbocycles. The fraction of sp³-hybridized carbons (Fsp3) is 0.429. The fourth-order valence-corrected chi connectivity index (χ4v) is 2.73. The highest BCUT2D eigenvalue weighted by Crippen LogP contribution is 2.19. The Hall–Kier alpha value is -1.88. The Morgan fingerprint density at radius 3 is 3.16 bits per heavy atom. The van der Waals surface area contributed by atoms with Gasteiger partial charge in [0.1, 0.15) is 5.65 Å². The van der Waals surface area contributed by atoms with Gasteiger partial charge in [-0.2, -0.15) is 0 Å². The highest BCUT2D eigenvalue weighted by Gasteiger charge is 2.26. The molecule has 0 radical (unpaired) electrons. The number of hydrogen-bond donors (Lipinski definition) is 1. The third kappa shape index (κ3) is 2.21. The summed E-state index contributed by atoms with van der Waals surface area (Å²) < 4.78 is 1.87. The Balaban J connectivity index is 1.89. The first-order valence-electron chi connectivity index (χ1n) is 6.73. The van der Waals surface area contributed by atoms with E-state index in [1.165, 1.54) is 0 Å². The summed E-state index contributed by atoms with van der Waals surface area (Å²) in [7, 11) is 0. The Morgan fingerprint density at radius 2 is 2.32 bits per heavy atom. The molecule has 5 nitrogen and oxygen atoms in total. The Bertz CT molecular complexity index is 592. The summed E-state index contributed by atoms with van der Waals surface area (Å²) in [5.74, 6) is 0.0748. The summed E-state index contributed by atoms with van der Waals surface area (Å²) in [5, 5.41) is 0. The van der Waals surface area contributed by atoms with Gasteiger partial charge in [-0.15, -0.1) is 0 Å². The maximum absolute atomic E-state index is 12.6. The standard InChI is InChI=1S/C14H18N4O/c15-9-12-3-1-2-7-18(12)14(19)11-4-5-13-16-6-8-17(13)10-11/h4-6,8,10,12H,1-3,7,9,15H2/t12-/m1/s1. The van der Waals surface area contributed by atoms with E-state index in [2.05, 4.69) is 4.98 Å². The lowest BCUT2D eigenvalue weighted by Gasteiger charge is -2.35. The minimum absolute atomic E-state index is 0.0748. The van der Waals surface area contributed by atoms with Gasteiger partial charge in [-0.25, -0.2) is 4.98 Å². The van der Waals surface area contributed by atoms with Crippen LogP contribution in [-0.4, -0.2) is 39.3 Å². The van der Waals surface area contributed by atoms with Crippen LogP contribution in [0.5, 0.6) is 0 Å². The number of amides is 1. The largest absolute Gasteiger partial charge is 0.334 e. The first kappa shape index (κ1) is 12.2. The molecule has 0 spiro atoms. The Morgan fingerprint density at radius 1 is 1.42 bits per heavy atom. The van der Waals surface area contributed by atoms with Crippen LogP contribution >= 0.6 is 0 Å². The predicted octanol–water partition coefficient (Wildman–Crippen LogP) is 1.29. The van der Waals surface area contributed by atoms with Crippen LogP contribution in [0.25, 0.3) is 5.65 Å². The van der Waals surface area contributed by atoms with Crippen molar-refractivity contribution in [3.05, 3.63) is 36.3 Å². The lowest BCUT2D eigenvalue weighted by Crippen LogP contribution is -2.47. The lowest BCUT2D eigenvalue weighted by molar-refractivity contribution is 0.0623. The molecule has 2 aromatic heterocycles. The molecule has 100 valence electrons. The van der Waals surface area contributed by atoms with Crippen molar-refractivity contribution in [1.82, 2.24) is 14.3 Å². The number of nitrogens with zero attached hydrogens (tertiary/aromatic N) is 3. The number of imidazole rings is 1. The smallest absolute Gasteiger partial charge is 0.255 e. The molecule has 0 aliphatic carbocycles. The van der Waals surface area contributed by atoms with Gasteiger partial charge in [0.25, 0.3) is 5.91 Å². The van der Waals surface area contributed by atoms with Gasteiger partial charge in [0, 0.05) is 37.7 Å². The highest BCUT2D eigenvalue weighted by atomic mass is 16.2. The molecule has 1 amide bonds. The molecule has 5 heteroatoms. The van der Waals surface area contributed by atoms with E-state index in [0.29, 0.717) is 12.1 Å². The molecule has 2 aromatic rings. The van der Waals surface area contributed by atoms with Crippen LogP contribution in [0.15, 0.2) is 30.7 Å². The van der Waals surface area contributed by atoms with Crippen molar-refractivity contribution >= 4 is 11.6 Å². The number of rotatable bonds is 2. The SMILES string of the molecule is NC[C@H]1CCCCN1C(=O)c1ccc2nccn2c1. The highest BCUT2D eigenvalue weighted by molar-refractivity contribution is 5.94. The first-order chi connectivity index (χ1) is 9.29. The van der Waals surface area contributed by atoms with Gasteiger partial charge in [-0.1, -0.05) is 0 Å². The molecule has 0 aromatic carbocycles. The van der Waals surface area contributed by atoms with E-state index in [1.54, 1.807) is 6.20 Å². The zero-order valence-electron chi connectivity index (χ0n) is 10.8. The average Bonchev–Trinajstić information content (AvgIpc) is 2.93. The first-order valence-corrected chi connectivity index (χ1v) is 6.73. The molecule has 1 aliphatic rings. The van der Waals surface area contributed by atoms with Crippen LogP contribution in [0.1, 0.15) is 29.6 Å². The molecule has 3 heterocycles. The maximum Gasteiger partial charge on any atom is 0.255 e. The second-order valence-electron chi connectivity index (χ2n) is 4.99. The topological polar surface area (TPSA) is 63.6 Å². The Kier molecular flexibility index (Phi) is 3.21. The zero-order valence-corrected chi connectivity index (χ0v) is 10.8. The second-order valence-corrected chi connectivity index (χ2v) is 4.99. The molecule has 1 aliphatic heterocycles. The molecule has 1 atom stereocenters. The number of piperidine rings is 1. The van der Waals surface area contributed by atoms with Crippen LogP contribution in [-0.2, 0) is 0 Å². The van der Waals surface area contributed by atoms with Crippen LogP contribution < -0.4 is 5.73 Å². The number of hydrogen-bond acceptors (Lipinski definition) is 3. The third-order valence-corrected chi connectivity index (χ3v) is 3.80. The van der Waals surface area contributed by atoms with Crippen LogP contribution in [0, 0.1) is 0 Å². The number of aromatic nitrogens is 2. The number of likely N-dealkylation sites (tertiary alicyclic amines) is 1. The number of carbonyl (C=O) groups is 1. The van der Waals surface area contributed by atoms with Gasteiger partial charge in [-0.05, 0) is 31.4 Å². The van der Waals surface area contributed by atoms with Crippen molar-refractivity contribution in [1.29, 1.82) is 0 Å². The summed E-state index contributed by atoms with van der Waals surface area (Å²) in [5.41, 5.74) is 7.33. The summed E-state index contributed by atoms with van der Waals surface area (Å²) in [6.45, 7) is 1.35. The molecular formula is C14H18N4O. The van der Waals surface area contributed by atoms with Crippen molar-refractivity contribution < 1.29 is 4.79 Å². The van der Waals surface area contributed by atoms with Crippen molar-refractivity contribution in [3.8, 4) is 0 Å². The van der Waals surface area contributed by atoms with Gasteiger partial charge in [-0.3, -0.25) is 4.79 Å². The van der Waals surface area contributed by atoms with E-state index in [-0.39, 0.29) is 11.9 Å². The second kappa shape index (κ2) is 5.01. The Labute approximate surface area is 112 Å². The van der Waals surface area contributed by atoms with Crippen molar-refractivity contribution in [3.63, 3.8) is 0 Å². The van der Waals surface area contributed by atoms with Crippen LogP contribution in [0.4, 0.5) is 0 Å². The van der Waals surface area contributed by atoms with Crippen LogP contribution in [0.3, 0.4) is 0 Å². The fourth-order valence-electron chi connectivity index (χ4n) is 2.73. The van der Waals surface area contributed by atoms with Crippen molar-refractivity contribution in [2.24, 2.45) is 5.73 Å². The lowest BCUT2D eigenvalue weighted by atomic mass is 10.0. The van der Waals surface area contributed by atoms with E-state index < -0.39 is 0 Å². The van der Waals surface area contributed by atoms with Crippen molar-refractivity contribution in [2.75, 3.05) is 13.1 Å². The molecule has 2 N–H and O–H groups in total. The summed E-state index contributed by atoms with van der Waals surface area (Å²) in [6, 6.07) is 3.89. The van der Waals surface area contributed by atoms with Crippen LogP contribution in [0.2, 0.25) is 0 Å². The minimum Gasteiger partial charge on any atom is -0.334 e. The molecule has 1 saturated heterocycles. The van der Waals surface area contributed by atoms with Gasteiger partial charge in [0.05, 0.1) is 5.56 Å². The normalized spacial score (nSPS) is 19.8. The summed E-state index contributed by atoms with van der Waals surface area (Å²) >= 11 is 0. The quantitative estimate of drug-likeness (QED) is 0.882. The van der Waals surface area contributed by atoms with Crippen molar-refractivity contribution in [2.45, 2.75) is 25.3 Å². The van der Waals surface area contributed by atoms with Gasteiger partial charge in [0.15, 0.2) is 0 Å². The summed E-state index contributed by atoms with van der Waals surface area (Å²) in [6.07, 6.45) is 8.65. The van der Waals surface area contributed by atoms with Gasteiger partial charge < -0.3 is 15.0 Å². The van der Waals surface area contributed by atoms with Gasteiger partial charge in [0.2, 0.25) is 0 Å². The van der Waals surface area contributed by atoms with Gasteiger partial charge >= 0.3 is 0 Å². The number of fused-ring (bicyclic) bond motifs is 1. The predicted molar refractivity (Wildman–Crippen MR) is 72.9 cm³/mol. The molecule has 3 rings (SSSR count). The van der Waals surface area contributed by atoms with E-state index >= 15 is 0 Å². The van der Waals surface area contributed by atoms with E-state index in [9.17, 15) is 4.79 Å². The molecule has 1 fully saturated rings. The van der Waals surface area contributed by atoms with E-state index in [4.69, 9.17) is 5.73 Å². The summed E-state index contributed by atoms with van der Waals surface area (Å²) in [4.78, 5) is 18.7. The number of pyridine rings is 1. The molecule has 19 heavy (non-hydrogen) atoms. The maximum atomic E-state index is 12.6. The third-order valence-electron chi connectivity index (χ3n) is 3.80. The monoisotopic (exact) mass is 258 g/mol. The molecular weight excluding hydrogens is 240 g/mol. The number of nitrogens with two attached hydrogens (primary N) is 1. The number of carbonyl (C=O) groups excluding carboxylic acids is 1. The molecule has 0 bridgehead atoms.